The van der Waals surface area contributed by atoms with Crippen molar-refractivity contribution in [3.05, 3.63) is 69.8 Å². The van der Waals surface area contributed by atoms with Gasteiger partial charge in [0.05, 0.1) is 21.4 Å². The average molecular weight is 404 g/mol. The molecule has 0 heterocycles. The van der Waals surface area contributed by atoms with E-state index in [1.54, 1.807) is 6.07 Å². The maximum atomic E-state index is 12.8. The third-order valence-electron chi connectivity index (χ3n) is 3.59. The molecule has 0 aliphatic heterocycles. The van der Waals surface area contributed by atoms with E-state index in [0.717, 1.165) is 6.07 Å². The number of nitrogens with one attached hydrogen (secondary N) is 2. The van der Waals surface area contributed by atoms with Gasteiger partial charge in [0.15, 0.2) is 0 Å². The number of alkyl halides is 3. The van der Waals surface area contributed by atoms with Crippen molar-refractivity contribution in [2.75, 3.05) is 6.54 Å². The van der Waals surface area contributed by atoms with Gasteiger partial charge in [-0.05, 0) is 24.3 Å². The van der Waals surface area contributed by atoms with Crippen LogP contribution < -0.4 is 16.0 Å². The van der Waals surface area contributed by atoms with E-state index in [0.29, 0.717) is 12.1 Å². The van der Waals surface area contributed by atoms with Crippen molar-refractivity contribution in [3.8, 4) is 0 Å². The van der Waals surface area contributed by atoms with Gasteiger partial charge in [-0.3, -0.25) is 10.1 Å². The summed E-state index contributed by atoms with van der Waals surface area (Å²) in [7, 11) is -4.00. The van der Waals surface area contributed by atoms with Gasteiger partial charge in [-0.1, -0.05) is 18.2 Å². The van der Waals surface area contributed by atoms with Gasteiger partial charge in [0.25, 0.3) is 15.7 Å². The quantitative estimate of drug-likeness (QED) is 0.479. The molecule has 0 bridgehead atoms. The molecule has 0 aliphatic rings. The van der Waals surface area contributed by atoms with Crippen molar-refractivity contribution in [3.63, 3.8) is 0 Å². The Balaban J connectivity index is 2.31. The zero-order valence-electron chi connectivity index (χ0n) is 13.6. The van der Waals surface area contributed by atoms with Crippen LogP contribution in [0.25, 0.3) is 0 Å². The van der Waals surface area contributed by atoms with E-state index in [1.165, 1.54) is 24.3 Å². The molecule has 1 unspecified atom stereocenters. The fourth-order valence-electron chi connectivity index (χ4n) is 2.24. The van der Waals surface area contributed by atoms with Crippen LogP contribution in [0.5, 0.6) is 0 Å². The lowest BCUT2D eigenvalue weighted by atomic mass is 10.0. The van der Waals surface area contributed by atoms with Crippen molar-refractivity contribution in [1.29, 1.82) is 0 Å². The van der Waals surface area contributed by atoms with E-state index < -0.39 is 38.4 Å². The molecule has 8 nitrogen and oxygen atoms in total. The Labute approximate surface area is 152 Å². The van der Waals surface area contributed by atoms with Crippen LogP contribution >= 0.6 is 0 Å². The maximum Gasteiger partial charge on any atom is 0.416 e. The molecule has 0 aliphatic carbocycles. The Hall–Kier alpha value is -2.54. The Morgan fingerprint density at radius 2 is 1.78 bits per heavy atom. The molecule has 146 valence electrons. The van der Waals surface area contributed by atoms with Gasteiger partial charge in [0.2, 0.25) is 0 Å². The first-order chi connectivity index (χ1) is 12.6. The number of nitro groups is 1. The minimum absolute atomic E-state index is 0.0739. The predicted molar refractivity (Wildman–Crippen MR) is 89.8 cm³/mol. The molecular formula is C15H15F3N4O4S. The molecule has 27 heavy (non-hydrogen) atoms. The van der Waals surface area contributed by atoms with Crippen molar-refractivity contribution < 1.29 is 26.5 Å². The zero-order valence-corrected chi connectivity index (χ0v) is 14.4. The molecule has 0 saturated heterocycles. The molecule has 4 N–H and O–H groups in total. The highest BCUT2D eigenvalue weighted by Gasteiger charge is 2.34. The molecule has 0 spiro atoms. The van der Waals surface area contributed by atoms with E-state index in [-0.39, 0.29) is 17.0 Å². The van der Waals surface area contributed by atoms with E-state index in [9.17, 15) is 31.7 Å². The predicted octanol–water partition coefficient (Wildman–Crippen LogP) is 2.10. The number of hydrogen-bond acceptors (Lipinski definition) is 6. The third-order valence-corrected chi connectivity index (χ3v) is 4.87. The molecular weight excluding hydrogens is 389 g/mol. The van der Waals surface area contributed by atoms with Crippen molar-refractivity contribution in [2.24, 2.45) is 5.73 Å². The Morgan fingerprint density at radius 1 is 1.15 bits per heavy atom. The van der Waals surface area contributed by atoms with Crippen LogP contribution in [0.1, 0.15) is 17.2 Å². The summed E-state index contributed by atoms with van der Waals surface area (Å²) in [6.45, 7) is -0.316. The van der Waals surface area contributed by atoms with Gasteiger partial charge in [0.1, 0.15) is 0 Å². The molecule has 0 fully saturated rings. The normalized spacial score (nSPS) is 13.3. The molecule has 2 aromatic rings. The average Bonchev–Trinajstić information content (AvgIpc) is 2.62. The lowest BCUT2D eigenvalue weighted by Crippen LogP contribution is -2.42. The maximum absolute atomic E-state index is 12.8. The highest BCUT2D eigenvalue weighted by molar-refractivity contribution is 7.89. The van der Waals surface area contributed by atoms with Crippen molar-refractivity contribution >= 4 is 15.7 Å². The summed E-state index contributed by atoms with van der Waals surface area (Å²) in [6, 6.07) is 8.05. The largest absolute Gasteiger partial charge is 0.416 e. The second-order valence-corrected chi connectivity index (χ2v) is 7.06. The highest BCUT2D eigenvalue weighted by Crippen LogP contribution is 2.34. The fourth-order valence-corrected chi connectivity index (χ4v) is 3.17. The van der Waals surface area contributed by atoms with E-state index in [4.69, 9.17) is 5.73 Å². The molecule has 12 heteroatoms. The number of halogens is 3. The highest BCUT2D eigenvalue weighted by atomic mass is 32.2. The Bertz CT molecular complexity index is 920. The van der Waals surface area contributed by atoms with Crippen LogP contribution in [0.2, 0.25) is 0 Å². The zero-order chi connectivity index (χ0) is 20.2. The summed E-state index contributed by atoms with van der Waals surface area (Å²) in [5.41, 5.74) is 5.64. The van der Waals surface area contributed by atoms with Crippen LogP contribution in [0.15, 0.2) is 53.4 Å². The molecule has 0 saturated carbocycles. The number of hydrogen-bond donors (Lipinski definition) is 3. The van der Waals surface area contributed by atoms with Gasteiger partial charge < -0.3 is 5.73 Å². The topological polar surface area (TPSA) is 127 Å². The van der Waals surface area contributed by atoms with Crippen molar-refractivity contribution in [1.82, 2.24) is 10.3 Å². The summed E-state index contributed by atoms with van der Waals surface area (Å²) in [5.74, 6) is 0. The molecule has 0 aromatic heterocycles. The van der Waals surface area contributed by atoms with Crippen LogP contribution in [0, 0.1) is 10.1 Å². The second kappa shape index (κ2) is 8.00. The number of sulfonamides is 1. The first-order valence-corrected chi connectivity index (χ1v) is 8.92. The SMILES string of the molecule is NCC(NNS(=O)(=O)c1ccccc1)c1ccc(C(F)(F)F)cc1[N+](=O)[O-]. The van der Waals surface area contributed by atoms with E-state index in [2.05, 4.69) is 5.43 Å². The number of nitrogens with two attached hydrogens (primary N) is 1. The van der Waals surface area contributed by atoms with E-state index >= 15 is 0 Å². The standard InChI is InChI=1S/C15H15F3N4O4S/c16-15(17,18)10-6-7-12(14(8-10)22(23)24)13(9-19)20-21-27(25,26)11-4-2-1-3-5-11/h1-8,13,20-21H,9,19H2. The minimum atomic E-state index is -4.76. The minimum Gasteiger partial charge on any atom is -0.329 e. The van der Waals surface area contributed by atoms with Crippen LogP contribution in [-0.2, 0) is 16.2 Å². The van der Waals surface area contributed by atoms with E-state index in [1.807, 2.05) is 4.83 Å². The summed E-state index contributed by atoms with van der Waals surface area (Å²) < 4.78 is 62.7. The summed E-state index contributed by atoms with van der Waals surface area (Å²) in [5, 5.41) is 11.2. The Morgan fingerprint density at radius 3 is 2.30 bits per heavy atom. The number of hydrazine groups is 1. The monoisotopic (exact) mass is 404 g/mol. The molecule has 1 atom stereocenters. The van der Waals surface area contributed by atoms with Gasteiger partial charge in [-0.15, -0.1) is 4.83 Å². The van der Waals surface area contributed by atoms with Crippen molar-refractivity contribution in [2.45, 2.75) is 17.1 Å². The third kappa shape index (κ3) is 5.01. The number of rotatable bonds is 7. The summed E-state index contributed by atoms with van der Waals surface area (Å²) in [6.07, 6.45) is -4.76. The fraction of sp³-hybridized carbons (Fsp3) is 0.200. The molecule has 0 radical (unpaired) electrons. The second-order valence-electron chi connectivity index (χ2n) is 5.38. The first kappa shape index (κ1) is 20.8. The number of nitro benzene ring substituents is 1. The van der Waals surface area contributed by atoms with Gasteiger partial charge in [0, 0.05) is 18.2 Å². The smallest absolute Gasteiger partial charge is 0.329 e. The lowest BCUT2D eigenvalue weighted by molar-refractivity contribution is -0.386. The van der Waals surface area contributed by atoms with Crippen LogP contribution in [0.3, 0.4) is 0 Å². The van der Waals surface area contributed by atoms with Gasteiger partial charge >= 0.3 is 6.18 Å². The van der Waals surface area contributed by atoms with Crippen LogP contribution in [0.4, 0.5) is 18.9 Å². The van der Waals surface area contributed by atoms with Gasteiger partial charge in [-0.25, -0.2) is 13.8 Å². The number of nitrogens with zero attached hydrogens (tertiary/aromatic N) is 1. The first-order valence-electron chi connectivity index (χ1n) is 7.44. The number of benzene rings is 2. The molecule has 2 rings (SSSR count). The Kier molecular flexibility index (Phi) is 6.15. The molecule has 2 aromatic carbocycles. The van der Waals surface area contributed by atoms with Crippen LogP contribution in [-0.4, -0.2) is 19.9 Å². The summed E-state index contributed by atoms with van der Waals surface area (Å²) >= 11 is 0. The van der Waals surface area contributed by atoms with Gasteiger partial charge in [-0.2, -0.15) is 13.2 Å². The molecule has 0 amide bonds. The summed E-state index contributed by atoms with van der Waals surface area (Å²) in [4.78, 5) is 12.1. The lowest BCUT2D eigenvalue weighted by Gasteiger charge is -2.19.